The van der Waals surface area contributed by atoms with Crippen LogP contribution in [0, 0.1) is 12.7 Å². The van der Waals surface area contributed by atoms with Crippen LogP contribution in [0.4, 0.5) is 16.0 Å². The van der Waals surface area contributed by atoms with Gasteiger partial charge in [0.1, 0.15) is 11.6 Å². The van der Waals surface area contributed by atoms with E-state index in [0.717, 1.165) is 28.1 Å². The van der Waals surface area contributed by atoms with Crippen molar-refractivity contribution in [3.8, 4) is 11.3 Å². The zero-order valence-electron chi connectivity index (χ0n) is 19.9. The highest BCUT2D eigenvalue weighted by molar-refractivity contribution is 5.74. The molecule has 0 fully saturated rings. The van der Waals surface area contributed by atoms with Gasteiger partial charge in [-0.2, -0.15) is 0 Å². The molecule has 0 saturated heterocycles. The van der Waals surface area contributed by atoms with Crippen LogP contribution in [-0.2, 0) is 6.42 Å². The van der Waals surface area contributed by atoms with Crippen molar-refractivity contribution in [3.63, 3.8) is 0 Å². The van der Waals surface area contributed by atoms with E-state index in [1.807, 2.05) is 25.8 Å². The quantitative estimate of drug-likeness (QED) is 0.405. The van der Waals surface area contributed by atoms with Gasteiger partial charge in [0.25, 0.3) is 0 Å². The van der Waals surface area contributed by atoms with Crippen molar-refractivity contribution in [1.29, 1.82) is 0 Å². The summed E-state index contributed by atoms with van der Waals surface area (Å²) in [4.78, 5) is 9.33. The standard InChI is InChI=1S/C24H26FN9O/c1-5-18-22(16-6-8-17(25)9-7-16)32-33-11-10-27-20(12-19(26)28-23(18)33)34-14(3)21(13(2)31-34)24-30-29-15(4)35-24/h6-13,31-32H,5,26H2,1-4H3. The molecule has 4 aromatic rings. The molecule has 1 unspecified atom stereocenters. The predicted octanol–water partition coefficient (Wildman–Crippen LogP) is 3.97. The summed E-state index contributed by atoms with van der Waals surface area (Å²) in [5.74, 6) is 1.52. The summed E-state index contributed by atoms with van der Waals surface area (Å²) in [6.07, 6.45) is 4.14. The minimum absolute atomic E-state index is 0.0761. The average molecular weight is 476 g/mol. The number of nitrogens with one attached hydrogen (secondary N) is 2. The molecule has 10 nitrogen and oxygen atoms in total. The second-order valence-corrected chi connectivity index (χ2v) is 8.30. The number of benzene rings is 1. The topological polar surface area (TPSA) is 126 Å². The van der Waals surface area contributed by atoms with Gasteiger partial charge in [-0.05, 0) is 44.5 Å². The number of aromatic nitrogens is 6. The molecule has 0 spiro atoms. The number of hydrogen-bond donors (Lipinski definition) is 3. The number of nitrogens with two attached hydrogens (primary N) is 1. The molecule has 0 bridgehead atoms. The Morgan fingerprint density at radius 3 is 2.63 bits per heavy atom. The van der Waals surface area contributed by atoms with E-state index in [2.05, 4.69) is 25.7 Å². The smallest absolute Gasteiger partial charge is 0.247 e. The summed E-state index contributed by atoms with van der Waals surface area (Å²) < 4.78 is 20.9. The van der Waals surface area contributed by atoms with Crippen LogP contribution in [0.25, 0.3) is 22.5 Å². The van der Waals surface area contributed by atoms with Gasteiger partial charge in [0.05, 0.1) is 17.3 Å². The van der Waals surface area contributed by atoms with Gasteiger partial charge in [-0.15, -0.1) is 10.2 Å². The molecule has 3 aromatic heterocycles. The third-order valence-electron chi connectivity index (χ3n) is 5.92. The molecule has 1 aliphatic heterocycles. The fraction of sp³-hybridized carbons (Fsp3) is 0.250. The monoisotopic (exact) mass is 475 g/mol. The molecule has 1 atom stereocenters. The summed E-state index contributed by atoms with van der Waals surface area (Å²) in [5, 5.41) is 13.3. The molecular weight excluding hydrogens is 449 g/mol. The Morgan fingerprint density at radius 1 is 1.17 bits per heavy atom. The van der Waals surface area contributed by atoms with Crippen LogP contribution >= 0.6 is 0 Å². The van der Waals surface area contributed by atoms with Crippen LogP contribution < -0.4 is 16.2 Å². The summed E-state index contributed by atoms with van der Waals surface area (Å²) in [7, 11) is 0. The number of hydrazine groups is 1. The van der Waals surface area contributed by atoms with Gasteiger partial charge in [0, 0.05) is 42.2 Å². The number of allylic oxidation sites excluding steroid dienone is 1. The molecule has 0 saturated carbocycles. The number of nitrogen functional groups attached to an aromatic ring is 1. The number of anilines is 2. The Balaban J connectivity index is 1.61. The Hall–Kier alpha value is -4.25. The lowest BCUT2D eigenvalue weighted by Crippen LogP contribution is -2.36. The minimum atomic E-state index is -0.286. The van der Waals surface area contributed by atoms with Gasteiger partial charge in [-0.1, -0.05) is 6.92 Å². The second-order valence-electron chi connectivity index (χ2n) is 8.30. The van der Waals surface area contributed by atoms with Crippen molar-refractivity contribution in [1.82, 2.24) is 35.2 Å². The van der Waals surface area contributed by atoms with E-state index in [4.69, 9.17) is 15.1 Å². The zero-order valence-corrected chi connectivity index (χ0v) is 19.9. The first-order valence-corrected chi connectivity index (χ1v) is 11.3. The van der Waals surface area contributed by atoms with Crippen LogP contribution in [0.1, 0.15) is 38.1 Å². The van der Waals surface area contributed by atoms with Crippen LogP contribution in [-0.4, -0.2) is 35.8 Å². The van der Waals surface area contributed by atoms with Crippen molar-refractivity contribution in [2.75, 3.05) is 10.7 Å². The van der Waals surface area contributed by atoms with Gasteiger partial charge in [-0.3, -0.25) is 10.1 Å². The third-order valence-corrected chi connectivity index (χ3v) is 5.92. The predicted molar refractivity (Wildman–Crippen MR) is 131 cm³/mol. The number of nitrogens with zero attached hydrogens (tertiary/aromatic N) is 6. The average Bonchev–Trinajstić information content (AvgIpc) is 3.49. The summed E-state index contributed by atoms with van der Waals surface area (Å²) >= 11 is 0. The van der Waals surface area contributed by atoms with Crippen molar-refractivity contribution >= 4 is 22.9 Å². The van der Waals surface area contributed by atoms with E-state index in [1.165, 1.54) is 12.1 Å². The number of hydrogen-bond acceptors (Lipinski definition) is 8. The maximum Gasteiger partial charge on any atom is 0.247 e. The van der Waals surface area contributed by atoms with Gasteiger partial charge in [0.2, 0.25) is 11.8 Å². The molecule has 0 amide bonds. The molecule has 0 aliphatic carbocycles. The first kappa shape index (κ1) is 22.5. The maximum absolute atomic E-state index is 13.4. The van der Waals surface area contributed by atoms with E-state index < -0.39 is 0 Å². The highest BCUT2D eigenvalue weighted by Gasteiger charge is 2.31. The summed E-state index contributed by atoms with van der Waals surface area (Å²) in [5.41, 5.74) is 14.8. The van der Waals surface area contributed by atoms with Gasteiger partial charge in [0.15, 0.2) is 11.5 Å². The van der Waals surface area contributed by atoms with Crippen LogP contribution in [0.2, 0.25) is 0 Å². The number of rotatable bonds is 4. The molecule has 1 aromatic carbocycles. The maximum atomic E-state index is 13.4. The van der Waals surface area contributed by atoms with E-state index >= 15 is 0 Å². The second kappa shape index (κ2) is 8.84. The first-order valence-electron chi connectivity index (χ1n) is 11.3. The number of H-pyrrole nitrogens is 1. The largest absolute Gasteiger partial charge is 0.421 e. The molecule has 11 heteroatoms. The molecule has 4 N–H and O–H groups in total. The highest BCUT2D eigenvalue weighted by Crippen LogP contribution is 2.32. The van der Waals surface area contributed by atoms with Crippen molar-refractivity contribution < 1.29 is 8.81 Å². The Morgan fingerprint density at radius 2 is 1.94 bits per heavy atom. The van der Waals surface area contributed by atoms with Crippen molar-refractivity contribution in [2.24, 2.45) is 0 Å². The molecule has 5 rings (SSSR count). The third kappa shape index (κ3) is 4.10. The van der Waals surface area contributed by atoms with Gasteiger partial charge in [-0.25, -0.2) is 24.3 Å². The van der Waals surface area contributed by atoms with Crippen LogP contribution in [0.3, 0.4) is 0 Å². The van der Waals surface area contributed by atoms with Crippen molar-refractivity contribution in [2.45, 2.75) is 40.2 Å². The Kier molecular flexibility index (Phi) is 5.69. The van der Waals surface area contributed by atoms with Crippen LogP contribution in [0.5, 0.6) is 0 Å². The highest BCUT2D eigenvalue weighted by atomic mass is 19.1. The van der Waals surface area contributed by atoms with Gasteiger partial charge < -0.3 is 10.2 Å². The lowest BCUT2D eigenvalue weighted by atomic mass is 10.1. The fourth-order valence-corrected chi connectivity index (χ4v) is 4.31. The molecule has 1 aliphatic rings. The SMILES string of the molecule is CCc1c(-c2ccc(F)cc2)[nH]n2ccnc(N3NC(C)C(c4nnc(C)o4)=C3C)cc(N)nc12. The molecular formula is C24H26FN9O. The minimum Gasteiger partial charge on any atom is -0.421 e. The number of fused-ring (bicyclic) bond motifs is 1. The molecule has 0 radical (unpaired) electrons. The van der Waals surface area contributed by atoms with E-state index in [1.54, 1.807) is 42.0 Å². The van der Waals surface area contributed by atoms with E-state index in [-0.39, 0.29) is 17.7 Å². The number of aromatic amines is 1. The number of halogens is 1. The summed E-state index contributed by atoms with van der Waals surface area (Å²) in [6.45, 7) is 7.75. The molecule has 4 heterocycles. The lowest BCUT2D eigenvalue weighted by molar-refractivity contribution is 0.501. The Labute approximate surface area is 201 Å². The van der Waals surface area contributed by atoms with E-state index in [9.17, 15) is 4.39 Å². The molecule has 35 heavy (non-hydrogen) atoms. The molecule has 180 valence electrons. The lowest BCUT2D eigenvalue weighted by Gasteiger charge is -2.19. The Bertz CT molecular complexity index is 1480. The zero-order chi connectivity index (χ0) is 24.7. The van der Waals surface area contributed by atoms with Crippen LogP contribution in [0.15, 0.2) is 52.8 Å². The van der Waals surface area contributed by atoms with Gasteiger partial charge >= 0.3 is 0 Å². The first-order chi connectivity index (χ1) is 16.9. The van der Waals surface area contributed by atoms with E-state index in [0.29, 0.717) is 29.7 Å². The number of aryl methyl sites for hydroxylation is 2. The normalized spacial score (nSPS) is 15.8. The fourth-order valence-electron chi connectivity index (χ4n) is 4.31. The van der Waals surface area contributed by atoms with Crippen molar-refractivity contribution in [3.05, 3.63) is 71.6 Å². The summed E-state index contributed by atoms with van der Waals surface area (Å²) in [6, 6.07) is 7.96.